The fourth-order valence-electron chi connectivity index (χ4n) is 6.63. The van der Waals surface area contributed by atoms with Gasteiger partial charge in [-0.15, -0.1) is 0 Å². The molecule has 0 amide bonds. The van der Waals surface area contributed by atoms with Gasteiger partial charge in [-0.1, -0.05) is 6.07 Å². The highest BCUT2D eigenvalue weighted by atomic mass is 19.1. The molecule has 0 bridgehead atoms. The number of nitrogens with zero attached hydrogens (tertiary/aromatic N) is 7. The number of benzene rings is 1. The molecule has 11 heteroatoms. The summed E-state index contributed by atoms with van der Waals surface area (Å²) in [6.45, 7) is 5.50. The number of hydrogen-bond acceptors (Lipinski definition) is 8. The summed E-state index contributed by atoms with van der Waals surface area (Å²) in [6.07, 6.45) is 13.7. The predicted octanol–water partition coefficient (Wildman–Crippen LogP) is 4.80. The van der Waals surface area contributed by atoms with Crippen molar-refractivity contribution in [3.63, 3.8) is 0 Å². The van der Waals surface area contributed by atoms with Gasteiger partial charge in [0.15, 0.2) is 5.65 Å². The maximum absolute atomic E-state index is 14.9. The Labute approximate surface area is 260 Å². The highest BCUT2D eigenvalue weighted by Crippen LogP contribution is 2.35. The van der Waals surface area contributed by atoms with E-state index < -0.39 is 0 Å². The minimum absolute atomic E-state index is 0.169. The van der Waals surface area contributed by atoms with Crippen LogP contribution >= 0.6 is 0 Å². The number of nitrogens with one attached hydrogen (secondary N) is 2. The summed E-state index contributed by atoms with van der Waals surface area (Å²) in [6, 6.07) is 9.67. The maximum atomic E-state index is 14.9. The molecule has 0 radical (unpaired) electrons. The molecule has 1 aromatic carbocycles. The Bertz CT molecular complexity index is 1970. The van der Waals surface area contributed by atoms with Gasteiger partial charge in [-0.2, -0.15) is 5.10 Å². The van der Waals surface area contributed by atoms with Gasteiger partial charge in [0.2, 0.25) is 0 Å². The van der Waals surface area contributed by atoms with Crippen LogP contribution in [0.2, 0.25) is 0 Å². The Kier molecular flexibility index (Phi) is 7.19. The zero-order valence-corrected chi connectivity index (χ0v) is 25.0. The second-order valence-electron chi connectivity index (χ2n) is 12.2. The maximum Gasteiger partial charge on any atom is 0.181 e. The number of halogens is 1. The van der Waals surface area contributed by atoms with Gasteiger partial charge in [-0.05, 0) is 86.8 Å². The molecule has 228 valence electrons. The number of pyridine rings is 2. The molecule has 4 aromatic heterocycles. The SMILES string of the molecule is NC1CN(C2=NC(c3cnc4n[nH]c(-c5cc6c(-c7cc(F)cc(CCCN8CCCC8)c7)cncc6[nH]5)c4c3)=CCN=C2)C1. The molecular weight excluding hydrogens is 567 g/mol. The smallest absolute Gasteiger partial charge is 0.181 e. The fraction of sp³-hybridized carbons (Fsp3) is 0.324. The van der Waals surface area contributed by atoms with Crippen LogP contribution in [0.3, 0.4) is 0 Å². The monoisotopic (exact) mass is 602 g/mol. The van der Waals surface area contributed by atoms with Crippen LogP contribution < -0.4 is 5.73 Å². The van der Waals surface area contributed by atoms with E-state index >= 15 is 0 Å². The van der Waals surface area contributed by atoms with Gasteiger partial charge in [0, 0.05) is 53.4 Å². The summed E-state index contributed by atoms with van der Waals surface area (Å²) in [7, 11) is 0. The van der Waals surface area contributed by atoms with Crippen LogP contribution in [0.25, 0.3) is 50.1 Å². The molecule has 0 spiro atoms. The molecule has 8 rings (SSSR count). The second-order valence-corrected chi connectivity index (χ2v) is 12.2. The predicted molar refractivity (Wildman–Crippen MR) is 177 cm³/mol. The number of hydrogen-bond donors (Lipinski definition) is 3. The summed E-state index contributed by atoms with van der Waals surface area (Å²) >= 11 is 0. The van der Waals surface area contributed by atoms with Gasteiger partial charge >= 0.3 is 0 Å². The number of nitrogens with two attached hydrogens (primary N) is 1. The Balaban J connectivity index is 1.10. The molecule has 0 aliphatic carbocycles. The van der Waals surface area contributed by atoms with Crippen LogP contribution in [0.1, 0.15) is 30.4 Å². The topological polar surface area (TPSA) is 127 Å². The van der Waals surface area contributed by atoms with Crippen LogP contribution in [0.5, 0.6) is 0 Å². The Hall–Kier alpha value is -4.74. The zero-order chi connectivity index (χ0) is 30.3. The molecule has 3 aliphatic heterocycles. The number of aromatic nitrogens is 5. The minimum atomic E-state index is -0.226. The standard InChI is InChI=1S/C34H35FN10/c35-24-11-21(4-3-9-44-7-1-2-8-44)10-22(12-24)28-16-38-17-31-26(28)14-30(40-31)33-27-13-23(15-39-34(27)43-42-33)29-5-6-37-18-32(41-29)45-19-25(36)20-45/h5,10-18,25,40H,1-4,6-9,19-20,36H2,(H,39,42,43). The number of rotatable bonds is 7. The molecule has 3 aliphatic rings. The molecule has 45 heavy (non-hydrogen) atoms. The third-order valence-corrected chi connectivity index (χ3v) is 8.99. The Morgan fingerprint density at radius 2 is 1.87 bits per heavy atom. The highest BCUT2D eigenvalue weighted by molar-refractivity contribution is 6.31. The van der Waals surface area contributed by atoms with Gasteiger partial charge in [-0.3, -0.25) is 15.1 Å². The molecule has 7 heterocycles. The molecule has 4 N–H and O–H groups in total. The average molecular weight is 603 g/mol. The van der Waals surface area contributed by atoms with E-state index in [2.05, 4.69) is 58.1 Å². The lowest BCUT2D eigenvalue weighted by Crippen LogP contribution is -2.58. The summed E-state index contributed by atoms with van der Waals surface area (Å²) in [5.41, 5.74) is 13.5. The van der Waals surface area contributed by atoms with Gasteiger partial charge in [-0.25, -0.2) is 14.4 Å². The van der Waals surface area contributed by atoms with Crippen LogP contribution in [-0.4, -0.2) is 92.3 Å². The molecule has 5 aromatic rings. The van der Waals surface area contributed by atoms with E-state index in [4.69, 9.17) is 10.7 Å². The van der Waals surface area contributed by atoms with Crippen LogP contribution in [0.15, 0.2) is 65.0 Å². The number of aryl methyl sites for hydroxylation is 1. The summed E-state index contributed by atoms with van der Waals surface area (Å²) in [5.74, 6) is 0.589. The van der Waals surface area contributed by atoms with Gasteiger partial charge in [0.1, 0.15) is 11.7 Å². The summed E-state index contributed by atoms with van der Waals surface area (Å²) in [4.78, 5) is 26.7. The molecule has 2 saturated heterocycles. The van der Waals surface area contributed by atoms with Crippen molar-refractivity contribution in [3.05, 3.63) is 71.9 Å². The molecule has 10 nitrogen and oxygen atoms in total. The molecule has 0 atom stereocenters. The van der Waals surface area contributed by atoms with E-state index in [1.807, 2.05) is 18.5 Å². The first kappa shape index (κ1) is 27.8. The van der Waals surface area contributed by atoms with Crippen LogP contribution in [0.4, 0.5) is 4.39 Å². The zero-order valence-electron chi connectivity index (χ0n) is 25.0. The number of fused-ring (bicyclic) bond motifs is 2. The quantitative estimate of drug-likeness (QED) is 0.246. The van der Waals surface area contributed by atoms with Crippen molar-refractivity contribution in [1.82, 2.24) is 34.9 Å². The lowest BCUT2D eigenvalue weighted by atomic mass is 9.99. The van der Waals surface area contributed by atoms with Crippen molar-refractivity contribution < 1.29 is 4.39 Å². The van der Waals surface area contributed by atoms with Crippen molar-refractivity contribution in [3.8, 4) is 22.5 Å². The molecular formula is C34H35FN10. The number of H-pyrrole nitrogens is 2. The number of aromatic amines is 2. The fourth-order valence-corrected chi connectivity index (χ4v) is 6.63. The minimum Gasteiger partial charge on any atom is -0.352 e. The lowest BCUT2D eigenvalue weighted by Gasteiger charge is -2.38. The third kappa shape index (κ3) is 5.53. The first-order valence-corrected chi connectivity index (χ1v) is 15.7. The van der Waals surface area contributed by atoms with E-state index in [-0.39, 0.29) is 11.9 Å². The van der Waals surface area contributed by atoms with Crippen molar-refractivity contribution in [2.75, 3.05) is 39.3 Å². The van der Waals surface area contributed by atoms with E-state index in [0.29, 0.717) is 12.2 Å². The first-order valence-electron chi connectivity index (χ1n) is 15.7. The number of aliphatic imine (C=N–C) groups is 2. The molecule has 0 saturated carbocycles. The van der Waals surface area contributed by atoms with Gasteiger partial charge in [0.25, 0.3) is 0 Å². The Morgan fingerprint density at radius 3 is 2.73 bits per heavy atom. The number of likely N-dealkylation sites (tertiary alicyclic amines) is 2. The first-order chi connectivity index (χ1) is 22.1. The van der Waals surface area contributed by atoms with Crippen molar-refractivity contribution >= 4 is 39.7 Å². The molecule has 2 fully saturated rings. The average Bonchev–Trinajstić information content (AvgIpc) is 3.76. The van der Waals surface area contributed by atoms with Gasteiger partial charge < -0.3 is 20.5 Å². The van der Waals surface area contributed by atoms with E-state index in [1.165, 1.54) is 25.9 Å². The van der Waals surface area contributed by atoms with Crippen molar-refractivity contribution in [1.29, 1.82) is 0 Å². The van der Waals surface area contributed by atoms with Crippen molar-refractivity contribution in [2.24, 2.45) is 15.7 Å². The normalized spacial score (nSPS) is 17.6. The number of amidine groups is 1. The van der Waals surface area contributed by atoms with Crippen molar-refractivity contribution in [2.45, 2.75) is 31.7 Å². The Morgan fingerprint density at radius 1 is 0.978 bits per heavy atom. The van der Waals surface area contributed by atoms with E-state index in [9.17, 15) is 4.39 Å². The lowest BCUT2D eigenvalue weighted by molar-refractivity contribution is 0.258. The second kappa shape index (κ2) is 11.6. The van der Waals surface area contributed by atoms with Gasteiger partial charge in [0.05, 0.1) is 41.6 Å². The summed E-state index contributed by atoms with van der Waals surface area (Å²) < 4.78 is 14.9. The third-order valence-electron chi connectivity index (χ3n) is 8.99. The van der Waals surface area contributed by atoms with Crippen LogP contribution in [0, 0.1) is 5.82 Å². The largest absolute Gasteiger partial charge is 0.352 e. The highest BCUT2D eigenvalue weighted by Gasteiger charge is 2.26. The van der Waals surface area contributed by atoms with E-state index in [0.717, 1.165) is 93.9 Å². The molecule has 0 unspecified atom stereocenters. The summed E-state index contributed by atoms with van der Waals surface area (Å²) in [5, 5.41) is 9.49. The van der Waals surface area contributed by atoms with Crippen LogP contribution in [-0.2, 0) is 6.42 Å². The van der Waals surface area contributed by atoms with E-state index in [1.54, 1.807) is 24.5 Å².